The second kappa shape index (κ2) is 7.18. The molecule has 1 heterocycles. The highest BCUT2D eigenvalue weighted by Crippen LogP contribution is 2.30. The van der Waals surface area contributed by atoms with Crippen molar-refractivity contribution in [1.29, 1.82) is 0 Å². The topological polar surface area (TPSA) is 88.6 Å². The summed E-state index contributed by atoms with van der Waals surface area (Å²) >= 11 is 0. The molecule has 0 fully saturated rings. The minimum Gasteiger partial charge on any atom is -0.497 e. The van der Waals surface area contributed by atoms with Crippen LogP contribution in [0.25, 0.3) is 11.3 Å². The smallest absolute Gasteiger partial charge is 0.278 e. The van der Waals surface area contributed by atoms with Crippen LogP contribution in [0.2, 0.25) is 0 Å². The molecule has 26 heavy (non-hydrogen) atoms. The van der Waals surface area contributed by atoms with Crippen LogP contribution in [0, 0.1) is 0 Å². The van der Waals surface area contributed by atoms with Crippen molar-refractivity contribution in [3.05, 3.63) is 54.1 Å². The number of hydrogen-bond acceptors (Lipinski definition) is 6. The van der Waals surface area contributed by atoms with Gasteiger partial charge < -0.3 is 19.9 Å². The quantitative estimate of drug-likeness (QED) is 0.759. The Morgan fingerprint density at radius 3 is 2.42 bits per heavy atom. The minimum atomic E-state index is -0.333. The highest BCUT2D eigenvalue weighted by atomic mass is 16.5. The lowest BCUT2D eigenvalue weighted by Crippen LogP contribution is -2.15. The minimum absolute atomic E-state index is 0.247. The van der Waals surface area contributed by atoms with Gasteiger partial charge in [0.1, 0.15) is 11.6 Å². The van der Waals surface area contributed by atoms with E-state index in [9.17, 15) is 4.79 Å². The van der Waals surface area contributed by atoms with Crippen molar-refractivity contribution in [2.24, 2.45) is 0 Å². The molecule has 3 rings (SSSR count). The molecule has 134 valence electrons. The first-order valence-corrected chi connectivity index (χ1v) is 7.84. The Morgan fingerprint density at radius 2 is 1.73 bits per heavy atom. The van der Waals surface area contributed by atoms with E-state index in [1.165, 1.54) is 18.9 Å². The fraction of sp³-hybridized carbons (Fsp3) is 0.158. The van der Waals surface area contributed by atoms with E-state index in [4.69, 9.17) is 19.9 Å². The summed E-state index contributed by atoms with van der Waals surface area (Å²) in [6, 6.07) is 13.9. The highest BCUT2D eigenvalue weighted by molar-refractivity contribution is 5.98. The van der Waals surface area contributed by atoms with E-state index in [0.717, 1.165) is 5.56 Å². The molecule has 0 aliphatic rings. The molecule has 0 unspecified atom stereocenters. The lowest BCUT2D eigenvalue weighted by Gasteiger charge is -2.11. The normalized spacial score (nSPS) is 10.4. The second-order valence-electron chi connectivity index (χ2n) is 5.47. The molecule has 0 spiro atoms. The van der Waals surface area contributed by atoms with Gasteiger partial charge in [0.2, 0.25) is 0 Å². The van der Waals surface area contributed by atoms with Crippen molar-refractivity contribution in [3.8, 4) is 28.5 Å². The summed E-state index contributed by atoms with van der Waals surface area (Å²) in [6.07, 6.45) is 0. The highest BCUT2D eigenvalue weighted by Gasteiger charge is 2.19. The zero-order chi connectivity index (χ0) is 18.7. The lowest BCUT2D eigenvalue weighted by atomic mass is 10.1. The maximum absolute atomic E-state index is 13.0. The number of carbonyl (C=O) groups is 1. The first kappa shape index (κ1) is 17.3. The number of methoxy groups -OCH3 is 3. The molecule has 2 aromatic carbocycles. The Kier molecular flexibility index (Phi) is 4.79. The van der Waals surface area contributed by atoms with Crippen LogP contribution in [0.3, 0.4) is 0 Å². The third-order valence-electron chi connectivity index (χ3n) is 3.92. The number of rotatable bonds is 5. The zero-order valence-corrected chi connectivity index (χ0v) is 14.7. The summed E-state index contributed by atoms with van der Waals surface area (Å²) < 4.78 is 17.0. The number of nitrogens with zero attached hydrogens (tertiary/aromatic N) is 2. The van der Waals surface area contributed by atoms with Crippen molar-refractivity contribution < 1.29 is 19.0 Å². The standard InChI is InChI=1S/C19H19N3O4/c1-24-14-6-4-5-12(9-14)15-11-18(20)21-22(15)19(23)13-7-8-16(25-2)17(10-13)26-3/h4-11H,1-3H3,(H2,20,21). The van der Waals surface area contributed by atoms with Crippen molar-refractivity contribution >= 4 is 11.7 Å². The third kappa shape index (κ3) is 3.19. The van der Waals surface area contributed by atoms with Crippen molar-refractivity contribution in [2.45, 2.75) is 0 Å². The van der Waals surface area contributed by atoms with Gasteiger partial charge in [0.25, 0.3) is 5.91 Å². The summed E-state index contributed by atoms with van der Waals surface area (Å²) in [5, 5.41) is 4.15. The van der Waals surface area contributed by atoms with Gasteiger partial charge in [-0.2, -0.15) is 4.68 Å². The molecule has 3 aromatic rings. The monoisotopic (exact) mass is 353 g/mol. The van der Waals surface area contributed by atoms with E-state index < -0.39 is 0 Å². The van der Waals surface area contributed by atoms with Gasteiger partial charge in [0.05, 0.1) is 27.0 Å². The number of ether oxygens (including phenoxy) is 3. The Hall–Kier alpha value is -3.48. The molecule has 0 aliphatic heterocycles. The Morgan fingerprint density at radius 1 is 0.962 bits per heavy atom. The molecular weight excluding hydrogens is 334 g/mol. The van der Waals surface area contributed by atoms with Crippen molar-refractivity contribution in [1.82, 2.24) is 9.78 Å². The van der Waals surface area contributed by atoms with E-state index >= 15 is 0 Å². The first-order valence-electron chi connectivity index (χ1n) is 7.84. The van der Waals surface area contributed by atoms with Gasteiger partial charge in [0.15, 0.2) is 11.5 Å². The molecule has 0 atom stereocenters. The average molecular weight is 353 g/mol. The van der Waals surface area contributed by atoms with Gasteiger partial charge in [-0.15, -0.1) is 5.10 Å². The summed E-state index contributed by atoms with van der Waals surface area (Å²) in [5.74, 6) is 1.59. The van der Waals surface area contributed by atoms with Crippen LogP contribution < -0.4 is 19.9 Å². The number of carbonyl (C=O) groups excluding carboxylic acids is 1. The van der Waals surface area contributed by atoms with Crippen molar-refractivity contribution in [2.75, 3.05) is 27.1 Å². The number of nitrogen functional groups attached to an aromatic ring is 1. The zero-order valence-electron chi connectivity index (χ0n) is 14.7. The maximum atomic E-state index is 13.0. The number of hydrogen-bond donors (Lipinski definition) is 1. The van der Waals surface area contributed by atoms with Gasteiger partial charge in [-0.3, -0.25) is 4.79 Å². The van der Waals surface area contributed by atoms with Gasteiger partial charge in [0, 0.05) is 17.2 Å². The van der Waals surface area contributed by atoms with Crippen LogP contribution in [-0.4, -0.2) is 37.0 Å². The van der Waals surface area contributed by atoms with E-state index in [2.05, 4.69) is 5.10 Å². The Bertz CT molecular complexity index is 950. The van der Waals surface area contributed by atoms with Gasteiger partial charge >= 0.3 is 0 Å². The van der Waals surface area contributed by atoms with Crippen LogP contribution in [0.1, 0.15) is 10.4 Å². The molecule has 0 saturated heterocycles. The second-order valence-corrected chi connectivity index (χ2v) is 5.47. The molecule has 0 aliphatic carbocycles. The summed E-state index contributed by atoms with van der Waals surface area (Å²) in [6.45, 7) is 0. The number of anilines is 1. The van der Waals surface area contributed by atoms with Gasteiger partial charge in [-0.1, -0.05) is 12.1 Å². The number of nitrogens with two attached hydrogens (primary N) is 1. The van der Waals surface area contributed by atoms with E-state index in [0.29, 0.717) is 28.5 Å². The van der Waals surface area contributed by atoms with Crippen molar-refractivity contribution in [3.63, 3.8) is 0 Å². The molecule has 0 radical (unpaired) electrons. The van der Waals surface area contributed by atoms with Gasteiger partial charge in [-0.25, -0.2) is 0 Å². The fourth-order valence-corrected chi connectivity index (χ4v) is 2.63. The largest absolute Gasteiger partial charge is 0.497 e. The number of benzene rings is 2. The first-order chi connectivity index (χ1) is 12.6. The summed E-state index contributed by atoms with van der Waals surface area (Å²) in [7, 11) is 4.63. The third-order valence-corrected chi connectivity index (χ3v) is 3.92. The summed E-state index contributed by atoms with van der Waals surface area (Å²) in [4.78, 5) is 13.0. The Labute approximate surface area is 150 Å². The van der Waals surface area contributed by atoms with E-state index in [-0.39, 0.29) is 11.7 Å². The molecule has 1 aromatic heterocycles. The lowest BCUT2D eigenvalue weighted by molar-refractivity contribution is 0.0947. The molecular formula is C19H19N3O4. The SMILES string of the molecule is COc1cccc(-c2cc(N)nn2C(=O)c2ccc(OC)c(OC)c2)c1. The molecule has 2 N–H and O–H groups in total. The summed E-state index contributed by atoms with van der Waals surface area (Å²) in [5.41, 5.74) is 7.58. The van der Waals surface area contributed by atoms with E-state index in [1.807, 2.05) is 24.3 Å². The molecule has 0 saturated carbocycles. The fourth-order valence-electron chi connectivity index (χ4n) is 2.63. The van der Waals surface area contributed by atoms with Crippen LogP contribution in [0.4, 0.5) is 5.82 Å². The van der Waals surface area contributed by atoms with Crippen LogP contribution in [0.5, 0.6) is 17.2 Å². The van der Waals surface area contributed by atoms with Gasteiger partial charge in [-0.05, 0) is 30.3 Å². The average Bonchev–Trinajstić information content (AvgIpc) is 3.08. The molecule has 7 nitrogen and oxygen atoms in total. The van der Waals surface area contributed by atoms with Crippen LogP contribution >= 0.6 is 0 Å². The van der Waals surface area contributed by atoms with Crippen LogP contribution in [-0.2, 0) is 0 Å². The van der Waals surface area contributed by atoms with E-state index in [1.54, 1.807) is 31.4 Å². The maximum Gasteiger partial charge on any atom is 0.278 e. The Balaban J connectivity index is 2.06. The predicted molar refractivity (Wildman–Crippen MR) is 97.9 cm³/mol. The molecule has 7 heteroatoms. The molecule has 0 amide bonds. The molecule has 0 bridgehead atoms. The predicted octanol–water partition coefficient (Wildman–Crippen LogP) is 2.85. The van der Waals surface area contributed by atoms with Crippen LogP contribution in [0.15, 0.2) is 48.5 Å². The number of aromatic nitrogens is 2.